The first-order valence-corrected chi connectivity index (χ1v) is 12.1. The molecule has 1 aromatic rings. The summed E-state index contributed by atoms with van der Waals surface area (Å²) in [6.45, 7) is 6.80. The lowest BCUT2D eigenvalue weighted by Crippen LogP contribution is -2.61. The van der Waals surface area contributed by atoms with Crippen molar-refractivity contribution in [3.8, 4) is 0 Å². The highest BCUT2D eigenvalue weighted by molar-refractivity contribution is 7.93. The summed E-state index contributed by atoms with van der Waals surface area (Å²) in [7, 11) is 0.398. The normalized spacial score (nSPS) is 42.1. The second-order valence-corrected chi connectivity index (χ2v) is 12.1. The fraction of sp³-hybridized carbons (Fsp3) is 0.652. The summed E-state index contributed by atoms with van der Waals surface area (Å²) < 4.78 is 30.2. The third-order valence-corrected chi connectivity index (χ3v) is 10.1. The molecule has 4 rings (SSSR count). The standard InChI is InChI=1S/C23H33NO4S/c1-21(2)13-12-18-22(3)17(21)11-14-23(25,19(22)20(27-5)28-18)15-29(26,24-4)16-9-7-6-8-10-16/h6-11,14,17-20,25H,12-13,15H2,1-5H3/t17-,18-,19-,20+,22+,23-,29-/m0/s1. The molecule has 0 radical (unpaired) electrons. The van der Waals surface area contributed by atoms with E-state index < -0.39 is 21.6 Å². The van der Waals surface area contributed by atoms with Crippen molar-refractivity contribution >= 4 is 9.73 Å². The van der Waals surface area contributed by atoms with Crippen LogP contribution >= 0.6 is 0 Å². The van der Waals surface area contributed by atoms with Crippen molar-refractivity contribution in [3.63, 3.8) is 0 Å². The summed E-state index contributed by atoms with van der Waals surface area (Å²) in [5.74, 6) is -0.0308. The van der Waals surface area contributed by atoms with E-state index in [1.807, 2.05) is 36.4 Å². The van der Waals surface area contributed by atoms with E-state index in [1.54, 1.807) is 14.2 Å². The maximum absolute atomic E-state index is 13.8. The minimum absolute atomic E-state index is 0.0123. The minimum atomic E-state index is -2.80. The van der Waals surface area contributed by atoms with Crippen molar-refractivity contribution < 1.29 is 18.8 Å². The van der Waals surface area contributed by atoms with Crippen molar-refractivity contribution in [2.45, 2.75) is 56.5 Å². The third-order valence-electron chi connectivity index (χ3n) is 7.68. The van der Waals surface area contributed by atoms with Crippen molar-refractivity contribution in [1.82, 2.24) is 0 Å². The molecule has 6 heteroatoms. The fourth-order valence-corrected chi connectivity index (χ4v) is 8.28. The number of ether oxygens (including phenoxy) is 2. The topological polar surface area (TPSA) is 68.1 Å². The highest BCUT2D eigenvalue weighted by Gasteiger charge is 2.68. The monoisotopic (exact) mass is 419 g/mol. The minimum Gasteiger partial charge on any atom is -0.384 e. The van der Waals surface area contributed by atoms with Crippen LogP contribution in [-0.4, -0.2) is 47.2 Å². The molecule has 0 spiro atoms. The second-order valence-electron chi connectivity index (χ2n) is 9.71. The van der Waals surface area contributed by atoms with Crippen LogP contribution < -0.4 is 0 Å². The van der Waals surface area contributed by atoms with E-state index in [0.717, 1.165) is 12.8 Å². The molecule has 0 aromatic heterocycles. The van der Waals surface area contributed by atoms with Crippen LogP contribution in [0.3, 0.4) is 0 Å². The van der Waals surface area contributed by atoms with Gasteiger partial charge in [0.15, 0.2) is 6.29 Å². The molecular weight excluding hydrogens is 386 g/mol. The largest absolute Gasteiger partial charge is 0.384 e. The van der Waals surface area contributed by atoms with Crippen LogP contribution in [0, 0.1) is 22.7 Å². The van der Waals surface area contributed by atoms with Crippen molar-refractivity contribution in [2.75, 3.05) is 19.9 Å². The Morgan fingerprint density at radius 3 is 2.59 bits per heavy atom. The summed E-state index contributed by atoms with van der Waals surface area (Å²) in [4.78, 5) is 0.644. The molecule has 1 heterocycles. The molecule has 0 unspecified atom stereocenters. The molecule has 0 amide bonds. The lowest BCUT2D eigenvalue weighted by molar-refractivity contribution is -0.156. The molecule has 1 N–H and O–H groups in total. The number of methoxy groups -OCH3 is 1. The fourth-order valence-electron chi connectivity index (χ4n) is 6.29. The van der Waals surface area contributed by atoms with Gasteiger partial charge in [-0.05, 0) is 36.3 Å². The van der Waals surface area contributed by atoms with Crippen LogP contribution in [0.2, 0.25) is 0 Å². The first-order chi connectivity index (χ1) is 13.6. The zero-order chi connectivity index (χ0) is 21.1. The molecule has 2 fully saturated rings. The Morgan fingerprint density at radius 1 is 1.28 bits per heavy atom. The molecule has 7 atom stereocenters. The average Bonchev–Trinajstić information content (AvgIpc) is 3.00. The predicted molar refractivity (Wildman–Crippen MR) is 114 cm³/mol. The molecule has 3 aliphatic rings. The molecule has 5 nitrogen and oxygen atoms in total. The van der Waals surface area contributed by atoms with Gasteiger partial charge in [0.25, 0.3) is 0 Å². The van der Waals surface area contributed by atoms with Crippen LogP contribution in [0.1, 0.15) is 33.6 Å². The first-order valence-electron chi connectivity index (χ1n) is 10.4. The Bertz CT molecular complexity index is 920. The smallest absolute Gasteiger partial charge is 0.164 e. The summed E-state index contributed by atoms with van der Waals surface area (Å²) in [5.41, 5.74) is -1.53. The van der Waals surface area contributed by atoms with Crippen LogP contribution in [0.5, 0.6) is 0 Å². The number of aliphatic hydroxyl groups is 1. The number of benzene rings is 1. The van der Waals surface area contributed by atoms with Gasteiger partial charge in [0.05, 0.1) is 27.5 Å². The van der Waals surface area contributed by atoms with Crippen LogP contribution in [-0.2, 0) is 19.2 Å². The van der Waals surface area contributed by atoms with Crippen molar-refractivity contribution in [1.29, 1.82) is 0 Å². The first kappa shape index (κ1) is 21.0. The molecule has 160 valence electrons. The van der Waals surface area contributed by atoms with Gasteiger partial charge in [-0.2, -0.15) is 0 Å². The van der Waals surface area contributed by atoms with Gasteiger partial charge in [-0.1, -0.05) is 51.1 Å². The zero-order valence-electron chi connectivity index (χ0n) is 18.0. The van der Waals surface area contributed by atoms with Crippen LogP contribution in [0.15, 0.2) is 51.7 Å². The van der Waals surface area contributed by atoms with Gasteiger partial charge in [0.2, 0.25) is 0 Å². The molecule has 2 aliphatic carbocycles. The Kier molecular flexibility index (Phi) is 5.01. The molecule has 0 bridgehead atoms. The maximum Gasteiger partial charge on any atom is 0.164 e. The summed E-state index contributed by atoms with van der Waals surface area (Å²) in [6.07, 6.45) is 5.49. The van der Waals surface area contributed by atoms with E-state index in [4.69, 9.17) is 9.47 Å². The number of rotatable bonds is 4. The average molecular weight is 420 g/mol. The maximum atomic E-state index is 13.8. The summed E-state index contributed by atoms with van der Waals surface area (Å²) >= 11 is 0. The Hall–Kier alpha value is -1.21. The van der Waals surface area contributed by atoms with Gasteiger partial charge in [-0.3, -0.25) is 0 Å². The molecular formula is C23H33NO4S. The van der Waals surface area contributed by atoms with Gasteiger partial charge in [0.1, 0.15) is 5.60 Å². The SMILES string of the molecule is CN=[S@](=O)(C[C@@]1(O)C=C[C@H]2C(C)(C)CC[C@@H]3O[C@@H](OC)[C@H]1[C@@]32C)c1ccccc1. The van der Waals surface area contributed by atoms with E-state index in [1.165, 1.54) is 0 Å². The molecule has 1 aromatic carbocycles. The van der Waals surface area contributed by atoms with Crippen molar-refractivity contribution in [2.24, 2.45) is 27.0 Å². The lowest BCUT2D eigenvalue weighted by Gasteiger charge is -2.57. The van der Waals surface area contributed by atoms with Gasteiger partial charge in [-0.25, -0.2) is 8.57 Å². The second kappa shape index (κ2) is 6.91. The molecule has 1 aliphatic heterocycles. The third kappa shape index (κ3) is 3.02. The lowest BCUT2D eigenvalue weighted by atomic mass is 9.48. The van der Waals surface area contributed by atoms with E-state index in [-0.39, 0.29) is 34.5 Å². The molecule has 1 saturated heterocycles. The van der Waals surface area contributed by atoms with Crippen LogP contribution in [0.4, 0.5) is 0 Å². The number of allylic oxidation sites excluding steroid dienone is 1. The van der Waals surface area contributed by atoms with Gasteiger partial charge in [-0.15, -0.1) is 0 Å². The van der Waals surface area contributed by atoms with E-state index >= 15 is 0 Å². The predicted octanol–water partition coefficient (Wildman–Crippen LogP) is 3.87. The molecule has 29 heavy (non-hydrogen) atoms. The summed E-state index contributed by atoms with van der Waals surface area (Å²) in [5, 5.41) is 12.0. The van der Waals surface area contributed by atoms with E-state index in [0.29, 0.717) is 4.90 Å². The Labute approximate surface area is 174 Å². The Morgan fingerprint density at radius 2 is 1.97 bits per heavy atom. The highest BCUT2D eigenvalue weighted by Crippen LogP contribution is 2.65. The quantitative estimate of drug-likeness (QED) is 0.752. The van der Waals surface area contributed by atoms with Crippen LogP contribution in [0.25, 0.3) is 0 Å². The number of hydrogen-bond acceptors (Lipinski definition) is 5. The molecule has 1 saturated carbocycles. The number of nitrogens with zero attached hydrogens (tertiary/aromatic N) is 1. The summed E-state index contributed by atoms with van der Waals surface area (Å²) in [6, 6.07) is 9.24. The van der Waals surface area contributed by atoms with E-state index in [2.05, 4.69) is 31.2 Å². The Balaban J connectivity index is 1.83. The van der Waals surface area contributed by atoms with Gasteiger partial charge in [0, 0.05) is 24.5 Å². The van der Waals surface area contributed by atoms with E-state index in [9.17, 15) is 9.32 Å². The number of hydrogen-bond donors (Lipinski definition) is 1. The highest BCUT2D eigenvalue weighted by atomic mass is 32.2. The zero-order valence-corrected chi connectivity index (χ0v) is 18.8. The van der Waals surface area contributed by atoms with Gasteiger partial charge >= 0.3 is 0 Å². The van der Waals surface area contributed by atoms with Crippen molar-refractivity contribution in [3.05, 3.63) is 42.5 Å². The van der Waals surface area contributed by atoms with Gasteiger partial charge < -0.3 is 14.6 Å².